The molecule has 0 heterocycles. The summed E-state index contributed by atoms with van der Waals surface area (Å²) in [7, 11) is 0.995. The van der Waals surface area contributed by atoms with Crippen molar-refractivity contribution in [1.29, 1.82) is 0 Å². The zero-order valence-electron chi connectivity index (χ0n) is 18.6. The van der Waals surface area contributed by atoms with Gasteiger partial charge in [0, 0.05) is 0 Å². The lowest BCUT2D eigenvalue weighted by molar-refractivity contribution is 0.244. The zero-order chi connectivity index (χ0) is 20.6. The molecule has 0 nitrogen and oxygen atoms in total. The first-order chi connectivity index (χ1) is 13.8. The van der Waals surface area contributed by atoms with Gasteiger partial charge in [0.2, 0.25) is 0 Å². The minimum Gasteiger partial charge on any atom is -0.125 e. The number of hydrogen-bond acceptors (Lipinski definition) is 0. The van der Waals surface area contributed by atoms with Crippen LogP contribution in [0.25, 0.3) is 10.8 Å². The molecule has 2 aromatic rings. The van der Waals surface area contributed by atoms with E-state index in [2.05, 4.69) is 70.9 Å². The van der Waals surface area contributed by atoms with Gasteiger partial charge in [0.05, 0.1) is 0 Å². The predicted molar refractivity (Wildman–Crippen MR) is 130 cm³/mol. The zero-order valence-corrected chi connectivity index (χ0v) is 19.6. The normalized spacial score (nSPS) is 32.6. The molecule has 5 rings (SSSR count). The molecular weight excluding hydrogens is 367 g/mol. The monoisotopic (exact) mass is 402 g/mol. The summed E-state index contributed by atoms with van der Waals surface area (Å²) < 4.78 is 0. The summed E-state index contributed by atoms with van der Waals surface area (Å²) in [4.78, 5) is 0. The Bertz CT molecular complexity index is 1050. The van der Waals surface area contributed by atoms with Crippen LogP contribution in [-0.4, -0.2) is 12.8 Å². The summed E-state index contributed by atoms with van der Waals surface area (Å²) >= 11 is 0. The molecule has 0 bridgehead atoms. The third kappa shape index (κ3) is 2.42. The fraction of sp³-hybridized carbons (Fsp3) is 0.500. The molecule has 1 spiro atoms. The van der Waals surface area contributed by atoms with Gasteiger partial charge in [0.25, 0.3) is 0 Å². The Balaban J connectivity index is 1.37. The van der Waals surface area contributed by atoms with Gasteiger partial charge in [-0.1, -0.05) is 54.6 Å². The Hall–Kier alpha value is -1.39. The fourth-order valence-electron chi connectivity index (χ4n) is 7.45. The molecule has 0 saturated heterocycles. The van der Waals surface area contributed by atoms with E-state index < -0.39 is 0 Å². The van der Waals surface area contributed by atoms with Crippen molar-refractivity contribution in [1.82, 2.24) is 0 Å². The number of rotatable bonds is 8. The number of hydrogen-bond donors (Lipinski definition) is 0. The second-order valence-corrected chi connectivity index (χ2v) is 11.5. The van der Waals surface area contributed by atoms with Gasteiger partial charge in [-0.25, -0.2) is 0 Å². The van der Waals surface area contributed by atoms with Gasteiger partial charge in [-0.15, -0.1) is 8.58 Å². The molecule has 5 unspecified atom stereocenters. The topological polar surface area (TPSA) is 0 Å². The van der Waals surface area contributed by atoms with Crippen molar-refractivity contribution in [3.8, 4) is 0 Å². The van der Waals surface area contributed by atoms with Gasteiger partial charge >= 0.3 is 0 Å². The van der Waals surface area contributed by atoms with E-state index in [1.807, 2.05) is 0 Å². The Morgan fingerprint density at radius 3 is 2.34 bits per heavy atom. The van der Waals surface area contributed by atoms with E-state index in [1.54, 1.807) is 11.1 Å². The number of benzene rings is 2. The maximum atomic E-state index is 4.65. The molecule has 1 heteroatoms. The molecule has 3 aliphatic carbocycles. The molecule has 0 N–H and O–H groups in total. The van der Waals surface area contributed by atoms with Crippen LogP contribution >= 0.6 is 8.58 Å². The van der Waals surface area contributed by atoms with Crippen LogP contribution in [0.15, 0.2) is 54.6 Å². The van der Waals surface area contributed by atoms with Gasteiger partial charge in [-0.3, -0.25) is 0 Å². The van der Waals surface area contributed by atoms with E-state index in [4.69, 9.17) is 0 Å². The van der Waals surface area contributed by atoms with Crippen molar-refractivity contribution in [2.45, 2.75) is 58.8 Å². The largest absolute Gasteiger partial charge is 0.125 e. The van der Waals surface area contributed by atoms with Crippen molar-refractivity contribution in [2.24, 2.45) is 16.2 Å². The highest BCUT2D eigenvalue weighted by atomic mass is 31.1. The van der Waals surface area contributed by atoms with E-state index >= 15 is 0 Å². The molecule has 3 aliphatic rings. The molecule has 152 valence electrons. The average Bonchev–Trinajstić information content (AvgIpc) is 3.46. The van der Waals surface area contributed by atoms with Crippen LogP contribution in [0.3, 0.4) is 0 Å². The highest BCUT2D eigenvalue weighted by Gasteiger charge is 2.96. The average molecular weight is 403 g/mol. The first-order valence-electron chi connectivity index (χ1n) is 11.3. The third-order valence-electron chi connectivity index (χ3n) is 9.04. The summed E-state index contributed by atoms with van der Waals surface area (Å²) in [5, 5.41) is 2.91. The minimum absolute atomic E-state index is 0.495. The van der Waals surface area contributed by atoms with Crippen molar-refractivity contribution in [3.05, 3.63) is 71.3 Å². The first kappa shape index (κ1) is 19.6. The molecule has 0 radical (unpaired) electrons. The van der Waals surface area contributed by atoms with Crippen molar-refractivity contribution < 1.29 is 0 Å². The summed E-state index contributed by atoms with van der Waals surface area (Å²) in [6.45, 7) is 18.1. The quantitative estimate of drug-likeness (QED) is 0.311. The fourth-order valence-corrected chi connectivity index (χ4v) is 8.35. The highest BCUT2D eigenvalue weighted by molar-refractivity contribution is 7.37. The molecule has 3 fully saturated rings. The maximum Gasteiger partial charge on any atom is -0.00109 e. The predicted octanol–water partition coefficient (Wildman–Crippen LogP) is 7.93. The van der Waals surface area contributed by atoms with Crippen LogP contribution in [0.1, 0.15) is 61.6 Å². The van der Waals surface area contributed by atoms with Crippen LogP contribution < -0.4 is 0 Å². The summed E-state index contributed by atoms with van der Waals surface area (Å²) in [6.07, 6.45) is 7.90. The molecule has 0 amide bonds. The van der Waals surface area contributed by atoms with E-state index in [0.717, 1.165) is 8.58 Å². The van der Waals surface area contributed by atoms with Gasteiger partial charge in [0.1, 0.15) is 0 Å². The van der Waals surface area contributed by atoms with Gasteiger partial charge in [-0.2, -0.15) is 0 Å². The Labute approximate surface area is 178 Å². The molecule has 2 aromatic carbocycles. The lowest BCUT2D eigenvalue weighted by Gasteiger charge is -2.37. The maximum absolute atomic E-state index is 4.65. The van der Waals surface area contributed by atoms with Crippen molar-refractivity contribution >= 4 is 19.4 Å². The van der Waals surface area contributed by atoms with E-state index in [-0.39, 0.29) is 0 Å². The van der Waals surface area contributed by atoms with Gasteiger partial charge < -0.3 is 0 Å². The number of allylic oxidation sites excluding steroid dienone is 2. The Morgan fingerprint density at radius 2 is 1.72 bits per heavy atom. The van der Waals surface area contributed by atoms with Crippen LogP contribution in [0.5, 0.6) is 0 Å². The number of aryl methyl sites for hydroxylation is 2. The van der Waals surface area contributed by atoms with Crippen LogP contribution in [0.2, 0.25) is 0 Å². The van der Waals surface area contributed by atoms with Crippen molar-refractivity contribution in [3.63, 3.8) is 0 Å². The number of fused-ring (bicyclic) bond motifs is 1. The third-order valence-corrected chi connectivity index (χ3v) is 9.94. The summed E-state index contributed by atoms with van der Waals surface area (Å²) in [5.74, 6) is 0.650. The van der Waals surface area contributed by atoms with Gasteiger partial charge in [0.15, 0.2) is 0 Å². The van der Waals surface area contributed by atoms with Crippen LogP contribution in [0, 0.1) is 30.1 Å². The lowest BCUT2D eigenvalue weighted by atomic mass is 9.67. The van der Waals surface area contributed by atoms with E-state index in [0.29, 0.717) is 22.2 Å². The molecule has 5 atom stereocenters. The molecule has 0 aromatic heterocycles. The smallest absolute Gasteiger partial charge is 0.00109 e. The minimum atomic E-state index is 0.495. The summed E-state index contributed by atoms with van der Waals surface area (Å²) in [6, 6.07) is 11.4. The first-order valence-corrected chi connectivity index (χ1v) is 13.0. The van der Waals surface area contributed by atoms with E-state index in [9.17, 15) is 0 Å². The second kappa shape index (κ2) is 6.31. The molecule has 29 heavy (non-hydrogen) atoms. The Morgan fingerprint density at radius 1 is 1.03 bits per heavy atom. The molecule has 3 saturated carbocycles. The molecule has 0 aliphatic heterocycles. The second-order valence-electron chi connectivity index (χ2n) is 10.4. The standard InChI is InChI=1S/C28H35P/c1-18(2)26-15-27(17-28(26,27)16-26)21(5)11-12-22(14-29-6)25-20(4)13-19(3)23-9-7-8-10-24(23)25/h7-10,13,22,29H,1,5,11-12,14-17H2,2-4,6H3. The van der Waals surface area contributed by atoms with Crippen molar-refractivity contribution in [2.75, 3.05) is 12.8 Å². The lowest BCUT2D eigenvalue weighted by Crippen LogP contribution is -2.28. The highest BCUT2D eigenvalue weighted by Crippen LogP contribution is 3.03. The Kier molecular flexibility index (Phi) is 4.25. The SMILES string of the molecule is C=C(C)C12CC3(C(=C)CCC(CPC)c4c(C)cc(C)c5ccccc45)CC13C2. The molecular formula is C28H35P. The summed E-state index contributed by atoms with van der Waals surface area (Å²) in [5.41, 5.74) is 9.10. The van der Waals surface area contributed by atoms with Gasteiger partial charge in [-0.05, 0) is 115 Å². The van der Waals surface area contributed by atoms with E-state index in [1.165, 1.54) is 65.7 Å². The van der Waals surface area contributed by atoms with Crippen LogP contribution in [0.4, 0.5) is 0 Å². The van der Waals surface area contributed by atoms with Crippen LogP contribution in [-0.2, 0) is 0 Å².